The van der Waals surface area contributed by atoms with Gasteiger partial charge in [-0.05, 0) is 54.8 Å². The normalized spacial score (nSPS) is 16.1. The van der Waals surface area contributed by atoms with E-state index in [-0.39, 0.29) is 18.2 Å². The minimum atomic E-state index is -0.451. The molecule has 1 saturated heterocycles. The summed E-state index contributed by atoms with van der Waals surface area (Å²) in [6.45, 7) is 1.23. The summed E-state index contributed by atoms with van der Waals surface area (Å²) in [5.41, 5.74) is 1.31. The third kappa shape index (κ3) is 3.88. The van der Waals surface area contributed by atoms with Crippen LogP contribution in [0.25, 0.3) is 16.9 Å². The van der Waals surface area contributed by atoms with E-state index in [1.54, 1.807) is 41.2 Å². The summed E-state index contributed by atoms with van der Waals surface area (Å²) in [6.07, 6.45) is 3.14. The highest BCUT2D eigenvalue weighted by molar-refractivity contribution is 6.30. The van der Waals surface area contributed by atoms with Gasteiger partial charge in [0.15, 0.2) is 11.2 Å². The highest BCUT2D eigenvalue weighted by Crippen LogP contribution is 2.19. The van der Waals surface area contributed by atoms with Gasteiger partial charge in [-0.3, -0.25) is 9.36 Å². The molecule has 2 aromatic heterocycles. The summed E-state index contributed by atoms with van der Waals surface area (Å²) in [5, 5.41) is 1.16. The maximum absolute atomic E-state index is 13.5. The average molecular weight is 471 g/mol. The summed E-state index contributed by atoms with van der Waals surface area (Å²) >= 11 is 12.2. The van der Waals surface area contributed by atoms with Gasteiger partial charge in [0, 0.05) is 23.2 Å². The number of nitrogens with zero attached hydrogens (tertiary/aromatic N) is 4. The van der Waals surface area contributed by atoms with Crippen molar-refractivity contribution in [2.24, 2.45) is 0 Å². The lowest BCUT2D eigenvalue weighted by Crippen LogP contribution is -2.42. The summed E-state index contributed by atoms with van der Waals surface area (Å²) in [5.74, 6) is 0. The Labute approximate surface area is 193 Å². The lowest BCUT2D eigenvalue weighted by molar-refractivity contribution is 0.0950. The van der Waals surface area contributed by atoms with Gasteiger partial charge >= 0.3 is 5.69 Å². The van der Waals surface area contributed by atoms with Crippen molar-refractivity contribution in [3.63, 3.8) is 0 Å². The Bertz CT molecular complexity index is 1400. The molecule has 1 aliphatic heterocycles. The van der Waals surface area contributed by atoms with Crippen molar-refractivity contribution in [3.8, 4) is 5.69 Å². The van der Waals surface area contributed by atoms with E-state index in [4.69, 9.17) is 27.9 Å². The third-order valence-electron chi connectivity index (χ3n) is 5.64. The number of halogens is 2. The van der Waals surface area contributed by atoms with E-state index < -0.39 is 5.69 Å². The minimum absolute atomic E-state index is 0.166. The van der Waals surface area contributed by atoms with Gasteiger partial charge < -0.3 is 9.30 Å². The first kappa shape index (κ1) is 21.0. The van der Waals surface area contributed by atoms with Crippen molar-refractivity contribution >= 4 is 34.4 Å². The van der Waals surface area contributed by atoms with Crippen LogP contribution in [0.3, 0.4) is 0 Å². The Morgan fingerprint density at radius 2 is 1.88 bits per heavy atom. The van der Waals surface area contributed by atoms with Gasteiger partial charge in [-0.1, -0.05) is 35.3 Å². The molecule has 32 heavy (non-hydrogen) atoms. The molecule has 2 aromatic carbocycles. The quantitative estimate of drug-likeness (QED) is 0.443. The predicted molar refractivity (Wildman–Crippen MR) is 124 cm³/mol. The molecule has 7 nitrogen and oxygen atoms in total. The van der Waals surface area contributed by atoms with Crippen LogP contribution in [0.15, 0.2) is 64.4 Å². The van der Waals surface area contributed by atoms with Gasteiger partial charge in [0.25, 0.3) is 5.56 Å². The van der Waals surface area contributed by atoms with Crippen LogP contribution >= 0.6 is 23.2 Å². The van der Waals surface area contributed by atoms with Crippen LogP contribution in [-0.2, 0) is 17.8 Å². The fourth-order valence-electron chi connectivity index (χ4n) is 4.11. The van der Waals surface area contributed by atoms with Crippen molar-refractivity contribution in [2.45, 2.75) is 32.0 Å². The smallest absolute Gasteiger partial charge is 0.337 e. The predicted octanol–water partition coefficient (Wildman–Crippen LogP) is 3.88. The zero-order valence-corrected chi connectivity index (χ0v) is 18.6. The van der Waals surface area contributed by atoms with Crippen molar-refractivity contribution in [3.05, 3.63) is 91.3 Å². The Morgan fingerprint density at radius 1 is 1.06 bits per heavy atom. The molecule has 1 aliphatic rings. The molecular formula is C23H20Cl2N4O3. The van der Waals surface area contributed by atoms with E-state index >= 15 is 0 Å². The number of hydrogen-bond acceptors (Lipinski definition) is 4. The maximum Gasteiger partial charge on any atom is 0.337 e. The van der Waals surface area contributed by atoms with Crippen molar-refractivity contribution in [1.82, 2.24) is 18.7 Å². The van der Waals surface area contributed by atoms with Crippen LogP contribution in [0.2, 0.25) is 10.0 Å². The van der Waals surface area contributed by atoms with E-state index in [2.05, 4.69) is 4.98 Å². The van der Waals surface area contributed by atoms with E-state index in [0.29, 0.717) is 40.0 Å². The number of rotatable bonds is 5. The molecule has 0 aliphatic carbocycles. The molecule has 5 rings (SSSR count). The van der Waals surface area contributed by atoms with Gasteiger partial charge in [-0.25, -0.2) is 14.3 Å². The summed E-state index contributed by atoms with van der Waals surface area (Å²) < 4.78 is 10.2. The Hall–Kier alpha value is -2.87. The topological polar surface area (TPSA) is 71.0 Å². The standard InChI is InChI=1S/C23H20Cl2N4O3/c24-16-6-8-18(9-7-16)29-21-20(22(30)28(23(29)31)13-19-5-2-10-32-19)27(14-26-21)12-15-3-1-4-17(25)11-15/h1,3-4,6-9,11,14,19H,2,5,10,12-13H2/t19-/m0/s1. The molecule has 3 heterocycles. The van der Waals surface area contributed by atoms with Crippen LogP contribution in [-0.4, -0.2) is 31.4 Å². The van der Waals surface area contributed by atoms with E-state index in [0.717, 1.165) is 18.4 Å². The fraction of sp³-hybridized carbons (Fsp3) is 0.261. The van der Waals surface area contributed by atoms with Gasteiger partial charge in [0.2, 0.25) is 0 Å². The number of aromatic nitrogens is 4. The van der Waals surface area contributed by atoms with Crippen LogP contribution in [0.5, 0.6) is 0 Å². The van der Waals surface area contributed by atoms with Gasteiger partial charge in [-0.2, -0.15) is 0 Å². The summed E-state index contributed by atoms with van der Waals surface area (Å²) in [7, 11) is 0. The first-order chi connectivity index (χ1) is 15.5. The minimum Gasteiger partial charge on any atom is -0.376 e. The molecule has 164 valence electrons. The Balaban J connectivity index is 1.72. The average Bonchev–Trinajstić information content (AvgIpc) is 3.43. The largest absolute Gasteiger partial charge is 0.376 e. The van der Waals surface area contributed by atoms with Gasteiger partial charge in [-0.15, -0.1) is 0 Å². The summed E-state index contributed by atoms with van der Waals surface area (Å²) in [4.78, 5) is 31.4. The van der Waals surface area contributed by atoms with E-state index in [1.807, 2.05) is 18.2 Å². The zero-order valence-electron chi connectivity index (χ0n) is 17.1. The Morgan fingerprint density at radius 3 is 2.59 bits per heavy atom. The number of hydrogen-bond donors (Lipinski definition) is 0. The molecule has 9 heteroatoms. The Kier molecular flexibility index (Phi) is 5.63. The van der Waals surface area contributed by atoms with Crippen LogP contribution in [0.4, 0.5) is 0 Å². The van der Waals surface area contributed by atoms with Crippen molar-refractivity contribution in [1.29, 1.82) is 0 Å². The molecule has 1 atom stereocenters. The lowest BCUT2D eigenvalue weighted by atomic mass is 10.2. The molecule has 1 fully saturated rings. The second kappa shape index (κ2) is 8.58. The van der Waals surface area contributed by atoms with E-state index in [1.165, 1.54) is 9.13 Å². The molecule has 0 N–H and O–H groups in total. The second-order valence-electron chi connectivity index (χ2n) is 7.82. The lowest BCUT2D eigenvalue weighted by Gasteiger charge is -2.15. The summed E-state index contributed by atoms with van der Waals surface area (Å²) in [6, 6.07) is 14.3. The van der Waals surface area contributed by atoms with Crippen molar-refractivity contribution < 1.29 is 4.74 Å². The van der Waals surface area contributed by atoms with Crippen LogP contribution in [0, 0.1) is 0 Å². The highest BCUT2D eigenvalue weighted by Gasteiger charge is 2.23. The first-order valence-electron chi connectivity index (χ1n) is 10.3. The number of ether oxygens (including phenoxy) is 1. The van der Waals surface area contributed by atoms with Crippen LogP contribution < -0.4 is 11.2 Å². The third-order valence-corrected chi connectivity index (χ3v) is 6.12. The first-order valence-corrected chi connectivity index (χ1v) is 11.1. The highest BCUT2D eigenvalue weighted by atomic mass is 35.5. The van der Waals surface area contributed by atoms with Gasteiger partial charge in [0.1, 0.15) is 0 Å². The van der Waals surface area contributed by atoms with Crippen molar-refractivity contribution in [2.75, 3.05) is 6.61 Å². The SMILES string of the molecule is O=c1c2c(ncn2Cc2cccc(Cl)c2)n(-c2ccc(Cl)cc2)c(=O)n1C[C@@H]1CCCO1. The van der Waals surface area contributed by atoms with E-state index in [9.17, 15) is 9.59 Å². The number of benzene rings is 2. The monoisotopic (exact) mass is 470 g/mol. The molecule has 0 spiro atoms. The molecule has 0 bridgehead atoms. The molecule has 0 unspecified atom stereocenters. The molecule has 0 saturated carbocycles. The molecule has 4 aromatic rings. The molecule has 0 radical (unpaired) electrons. The maximum atomic E-state index is 13.5. The van der Waals surface area contributed by atoms with Crippen LogP contribution in [0.1, 0.15) is 18.4 Å². The molecular weight excluding hydrogens is 451 g/mol. The molecule has 0 amide bonds. The number of imidazole rings is 1. The second-order valence-corrected chi connectivity index (χ2v) is 8.69. The zero-order chi connectivity index (χ0) is 22.2. The fourth-order valence-corrected chi connectivity index (χ4v) is 4.45. The van der Waals surface area contributed by atoms with Gasteiger partial charge in [0.05, 0.1) is 24.7 Å². The number of fused-ring (bicyclic) bond motifs is 1.